The molecule has 4 N–H and O–H groups in total. The second-order valence-corrected chi connectivity index (χ2v) is 6.26. The predicted octanol–water partition coefficient (Wildman–Crippen LogP) is 2.81. The third-order valence-corrected chi connectivity index (χ3v) is 4.11. The highest BCUT2D eigenvalue weighted by molar-refractivity contribution is 6.02. The van der Waals surface area contributed by atoms with E-state index in [1.165, 1.54) is 6.92 Å². The van der Waals surface area contributed by atoms with Crippen molar-refractivity contribution in [3.63, 3.8) is 0 Å². The number of guanidine groups is 1. The number of nitrogens with one attached hydrogen (secondary N) is 4. The van der Waals surface area contributed by atoms with Crippen LogP contribution >= 0.6 is 0 Å². The molecule has 28 heavy (non-hydrogen) atoms. The lowest BCUT2D eigenvalue weighted by Gasteiger charge is -2.09. The fraction of sp³-hybridized carbons (Fsp3) is 0.200. The molecule has 3 rings (SSSR count). The number of hydrazone groups is 1. The number of anilines is 2. The van der Waals surface area contributed by atoms with Crippen LogP contribution in [0.25, 0.3) is 0 Å². The molecule has 0 saturated heterocycles. The SMILES string of the molecule is CC(=O)c1ccc(NC(=O)Nc2ccc(/C(C)=N/NC3=NCCN3)cc2)cc1. The molecule has 144 valence electrons. The van der Waals surface area contributed by atoms with Crippen molar-refractivity contribution < 1.29 is 9.59 Å². The monoisotopic (exact) mass is 378 g/mol. The highest BCUT2D eigenvalue weighted by Gasteiger charge is 2.06. The highest BCUT2D eigenvalue weighted by atomic mass is 16.2. The maximum absolute atomic E-state index is 12.1. The second-order valence-electron chi connectivity index (χ2n) is 6.26. The van der Waals surface area contributed by atoms with E-state index < -0.39 is 0 Å². The van der Waals surface area contributed by atoms with E-state index in [-0.39, 0.29) is 11.8 Å². The van der Waals surface area contributed by atoms with Gasteiger partial charge in [0, 0.05) is 23.5 Å². The van der Waals surface area contributed by atoms with Gasteiger partial charge in [-0.05, 0) is 55.8 Å². The van der Waals surface area contributed by atoms with Crippen molar-refractivity contribution in [3.05, 3.63) is 59.7 Å². The maximum Gasteiger partial charge on any atom is 0.323 e. The van der Waals surface area contributed by atoms with Crippen molar-refractivity contribution in [1.29, 1.82) is 0 Å². The van der Waals surface area contributed by atoms with Gasteiger partial charge in [-0.25, -0.2) is 15.2 Å². The lowest BCUT2D eigenvalue weighted by molar-refractivity contribution is 0.101. The lowest BCUT2D eigenvalue weighted by atomic mass is 10.1. The quantitative estimate of drug-likeness (QED) is 0.365. The zero-order chi connectivity index (χ0) is 19.9. The second kappa shape index (κ2) is 8.81. The van der Waals surface area contributed by atoms with E-state index in [0.29, 0.717) is 22.9 Å². The molecule has 2 aromatic carbocycles. The molecule has 2 amide bonds. The molecule has 0 aromatic heterocycles. The number of aliphatic imine (C=N–C) groups is 1. The Morgan fingerprint density at radius 1 is 0.929 bits per heavy atom. The number of hydrogen-bond acceptors (Lipinski definition) is 6. The first-order valence-electron chi connectivity index (χ1n) is 8.89. The van der Waals surface area contributed by atoms with Crippen LogP contribution in [0, 0.1) is 0 Å². The topological polar surface area (TPSA) is 107 Å². The molecule has 0 aliphatic carbocycles. The van der Waals surface area contributed by atoms with Gasteiger partial charge >= 0.3 is 6.03 Å². The Hall–Kier alpha value is -3.68. The molecule has 8 nitrogen and oxygen atoms in total. The summed E-state index contributed by atoms with van der Waals surface area (Å²) in [6.45, 7) is 4.96. The molecule has 1 aliphatic heterocycles. The molecule has 0 bridgehead atoms. The predicted molar refractivity (Wildman–Crippen MR) is 111 cm³/mol. The van der Waals surface area contributed by atoms with Gasteiger partial charge in [0.15, 0.2) is 5.78 Å². The molecule has 0 radical (unpaired) electrons. The van der Waals surface area contributed by atoms with E-state index in [0.717, 1.165) is 24.4 Å². The van der Waals surface area contributed by atoms with Crippen molar-refractivity contribution in [2.75, 3.05) is 23.7 Å². The normalized spacial score (nSPS) is 13.4. The van der Waals surface area contributed by atoms with Gasteiger partial charge in [0.1, 0.15) is 0 Å². The van der Waals surface area contributed by atoms with Gasteiger partial charge in [-0.2, -0.15) is 5.10 Å². The zero-order valence-electron chi connectivity index (χ0n) is 15.7. The van der Waals surface area contributed by atoms with Crippen LogP contribution in [0.4, 0.5) is 16.2 Å². The maximum atomic E-state index is 12.1. The van der Waals surface area contributed by atoms with Gasteiger partial charge in [-0.15, -0.1) is 0 Å². The van der Waals surface area contributed by atoms with Crippen LogP contribution in [0.1, 0.15) is 29.8 Å². The Morgan fingerprint density at radius 3 is 2.00 bits per heavy atom. The van der Waals surface area contributed by atoms with Crippen LogP contribution in [0.5, 0.6) is 0 Å². The summed E-state index contributed by atoms with van der Waals surface area (Å²) < 4.78 is 0. The van der Waals surface area contributed by atoms with E-state index in [4.69, 9.17) is 0 Å². The van der Waals surface area contributed by atoms with Gasteiger partial charge in [0.2, 0.25) is 5.96 Å². The fourth-order valence-electron chi connectivity index (χ4n) is 2.55. The van der Waals surface area contributed by atoms with Crippen LogP contribution in [0.15, 0.2) is 58.6 Å². The van der Waals surface area contributed by atoms with E-state index in [2.05, 4.69) is 31.5 Å². The first-order valence-corrected chi connectivity index (χ1v) is 8.89. The van der Waals surface area contributed by atoms with Crippen LogP contribution in [0.3, 0.4) is 0 Å². The molecule has 1 aliphatic rings. The number of nitrogens with zero attached hydrogens (tertiary/aromatic N) is 2. The van der Waals surface area contributed by atoms with Crippen molar-refractivity contribution in [2.24, 2.45) is 10.1 Å². The number of hydrogen-bond donors (Lipinski definition) is 4. The molecular formula is C20H22N6O2. The Kier molecular flexibility index (Phi) is 6.01. The Bertz CT molecular complexity index is 917. The summed E-state index contributed by atoms with van der Waals surface area (Å²) in [5, 5.41) is 12.9. The first-order chi connectivity index (χ1) is 13.5. The van der Waals surface area contributed by atoms with Crippen LogP contribution in [0.2, 0.25) is 0 Å². The number of amides is 2. The lowest BCUT2D eigenvalue weighted by Crippen LogP contribution is -2.30. The van der Waals surface area contributed by atoms with Crippen LogP contribution < -0.4 is 21.4 Å². The number of Topliss-reactive ketones (excluding diaryl/α,β-unsaturated/α-hetero) is 1. The van der Waals surface area contributed by atoms with Crippen LogP contribution in [-0.4, -0.2) is 36.6 Å². The number of urea groups is 1. The molecule has 0 unspecified atom stereocenters. The molecule has 0 atom stereocenters. The summed E-state index contributed by atoms with van der Waals surface area (Å²) in [5.41, 5.74) is 6.49. The minimum atomic E-state index is -0.360. The minimum absolute atomic E-state index is 0.0161. The first kappa shape index (κ1) is 19.1. The van der Waals surface area contributed by atoms with Gasteiger partial charge in [0.25, 0.3) is 0 Å². The Labute approximate surface area is 163 Å². The van der Waals surface area contributed by atoms with Gasteiger partial charge in [0.05, 0.1) is 12.3 Å². The van der Waals surface area contributed by atoms with Crippen LogP contribution in [-0.2, 0) is 0 Å². The summed E-state index contributed by atoms with van der Waals surface area (Å²) >= 11 is 0. The third kappa shape index (κ3) is 5.16. The van der Waals surface area contributed by atoms with E-state index >= 15 is 0 Å². The summed E-state index contributed by atoms with van der Waals surface area (Å²) in [6.07, 6.45) is 0. The average Bonchev–Trinajstić information content (AvgIpc) is 3.20. The number of ketones is 1. The van der Waals surface area contributed by atoms with Crippen molar-refractivity contribution >= 4 is 34.9 Å². The molecular weight excluding hydrogens is 356 g/mol. The molecule has 0 fully saturated rings. The zero-order valence-corrected chi connectivity index (χ0v) is 15.7. The fourth-order valence-corrected chi connectivity index (χ4v) is 2.55. The largest absolute Gasteiger partial charge is 0.353 e. The minimum Gasteiger partial charge on any atom is -0.353 e. The molecule has 0 saturated carbocycles. The molecule has 1 heterocycles. The standard InChI is InChI=1S/C20H22N6O2/c1-13(25-26-19-21-11-12-22-19)15-3-7-17(8-4-15)23-20(28)24-18-9-5-16(6-10-18)14(2)27/h3-10H,11-12H2,1-2H3,(H2,21,22,26)(H2,23,24,28)/b25-13+. The molecule has 0 spiro atoms. The highest BCUT2D eigenvalue weighted by Crippen LogP contribution is 2.13. The summed E-state index contributed by atoms with van der Waals surface area (Å²) in [6, 6.07) is 13.7. The number of rotatable bonds is 5. The van der Waals surface area contributed by atoms with Gasteiger partial charge in [-0.1, -0.05) is 12.1 Å². The van der Waals surface area contributed by atoms with Gasteiger partial charge < -0.3 is 16.0 Å². The van der Waals surface area contributed by atoms with Crippen molar-refractivity contribution in [1.82, 2.24) is 10.7 Å². The average molecular weight is 378 g/mol. The molecule has 8 heteroatoms. The summed E-state index contributed by atoms with van der Waals surface area (Å²) in [4.78, 5) is 27.6. The van der Waals surface area contributed by atoms with Crippen molar-refractivity contribution in [3.8, 4) is 0 Å². The third-order valence-electron chi connectivity index (χ3n) is 4.11. The van der Waals surface area contributed by atoms with E-state index in [9.17, 15) is 9.59 Å². The molecule has 2 aromatic rings. The van der Waals surface area contributed by atoms with Crippen molar-refractivity contribution in [2.45, 2.75) is 13.8 Å². The van der Waals surface area contributed by atoms with E-state index in [1.54, 1.807) is 36.4 Å². The Morgan fingerprint density at radius 2 is 1.50 bits per heavy atom. The smallest absolute Gasteiger partial charge is 0.323 e. The summed E-state index contributed by atoms with van der Waals surface area (Å²) in [5.74, 6) is 0.656. The van der Waals surface area contributed by atoms with Gasteiger partial charge in [-0.3, -0.25) is 4.79 Å². The Balaban J connectivity index is 1.55. The number of carbonyl (C=O) groups excluding carboxylic acids is 2. The number of carbonyl (C=O) groups is 2. The van der Waals surface area contributed by atoms with E-state index in [1.807, 2.05) is 19.1 Å². The summed E-state index contributed by atoms with van der Waals surface area (Å²) in [7, 11) is 0. The number of benzene rings is 2.